The summed E-state index contributed by atoms with van der Waals surface area (Å²) in [5.74, 6) is 1.14. The normalized spacial score (nSPS) is 49.7. The fraction of sp³-hybridized carbons (Fsp3) is 0.778. The van der Waals surface area contributed by atoms with E-state index in [1.165, 1.54) is 0 Å². The predicted octanol–water partition coefficient (Wildman–Crippen LogP) is 0.305. The minimum Gasteiger partial charge on any atom is -0.296 e. The summed E-state index contributed by atoms with van der Waals surface area (Å²) < 4.78 is 0. The molecule has 2 bridgehead atoms. The lowest BCUT2D eigenvalue weighted by atomic mass is 9.81. The van der Waals surface area contributed by atoms with E-state index in [2.05, 4.69) is 5.32 Å². The third kappa shape index (κ3) is 0.586. The molecular formula is C9H11NO2. The van der Waals surface area contributed by atoms with Gasteiger partial charge in [-0.05, 0) is 31.1 Å². The molecule has 0 spiro atoms. The molecule has 0 aromatic carbocycles. The van der Waals surface area contributed by atoms with E-state index >= 15 is 0 Å². The van der Waals surface area contributed by atoms with E-state index in [-0.39, 0.29) is 23.7 Å². The van der Waals surface area contributed by atoms with E-state index in [4.69, 9.17) is 0 Å². The second kappa shape index (κ2) is 1.90. The summed E-state index contributed by atoms with van der Waals surface area (Å²) in [7, 11) is 0. The Hall–Kier alpha value is -0.860. The third-order valence-electron chi connectivity index (χ3n) is 3.77. The molecule has 3 heteroatoms. The van der Waals surface area contributed by atoms with Gasteiger partial charge in [-0.3, -0.25) is 14.9 Å². The number of nitrogens with one attached hydrogen (secondary N) is 1. The van der Waals surface area contributed by atoms with Gasteiger partial charge in [0.05, 0.1) is 11.8 Å². The van der Waals surface area contributed by atoms with Crippen molar-refractivity contribution >= 4 is 11.8 Å². The Labute approximate surface area is 70.5 Å². The van der Waals surface area contributed by atoms with Crippen molar-refractivity contribution in [2.24, 2.45) is 23.7 Å². The summed E-state index contributed by atoms with van der Waals surface area (Å²) in [6.07, 6.45) is 3.44. The minimum absolute atomic E-state index is 0.00259. The summed E-state index contributed by atoms with van der Waals surface area (Å²) in [6, 6.07) is 0. The number of carbonyl (C=O) groups excluding carboxylic acids is 2. The van der Waals surface area contributed by atoms with Crippen molar-refractivity contribution < 1.29 is 9.59 Å². The smallest absolute Gasteiger partial charge is 0.230 e. The average molecular weight is 165 g/mol. The Morgan fingerprint density at radius 2 is 1.50 bits per heavy atom. The van der Waals surface area contributed by atoms with Gasteiger partial charge in [0.2, 0.25) is 11.8 Å². The maximum absolute atomic E-state index is 11.3. The van der Waals surface area contributed by atoms with E-state index in [1.54, 1.807) is 0 Å². The molecule has 2 aliphatic carbocycles. The van der Waals surface area contributed by atoms with Gasteiger partial charge in [-0.1, -0.05) is 0 Å². The SMILES string of the molecule is O=C1NC(=O)[C@H]2C3CC[C@@H](C3)[C@@H]12. The van der Waals surface area contributed by atoms with Crippen LogP contribution in [0.1, 0.15) is 19.3 Å². The number of amides is 2. The Morgan fingerprint density at radius 1 is 1.00 bits per heavy atom. The molecule has 1 aliphatic heterocycles. The van der Waals surface area contributed by atoms with Crippen LogP contribution in [-0.4, -0.2) is 11.8 Å². The van der Waals surface area contributed by atoms with Crippen molar-refractivity contribution in [3.05, 3.63) is 0 Å². The molecule has 2 amide bonds. The lowest BCUT2D eigenvalue weighted by Gasteiger charge is -2.19. The van der Waals surface area contributed by atoms with Gasteiger partial charge >= 0.3 is 0 Å². The van der Waals surface area contributed by atoms with Gasteiger partial charge in [0.25, 0.3) is 0 Å². The van der Waals surface area contributed by atoms with Gasteiger partial charge in [-0.25, -0.2) is 0 Å². The first-order valence-electron chi connectivity index (χ1n) is 4.62. The third-order valence-corrected chi connectivity index (χ3v) is 3.77. The summed E-state index contributed by atoms with van der Waals surface area (Å²) >= 11 is 0. The lowest BCUT2D eigenvalue weighted by Crippen LogP contribution is -2.24. The van der Waals surface area contributed by atoms with Crippen LogP contribution < -0.4 is 5.32 Å². The van der Waals surface area contributed by atoms with Crippen molar-refractivity contribution in [2.45, 2.75) is 19.3 Å². The number of fused-ring (bicyclic) bond motifs is 5. The number of rotatable bonds is 0. The second-order valence-electron chi connectivity index (χ2n) is 4.24. The van der Waals surface area contributed by atoms with Crippen LogP contribution in [0.4, 0.5) is 0 Å². The molecule has 0 aromatic rings. The molecule has 1 N–H and O–H groups in total. The molecule has 3 nitrogen and oxygen atoms in total. The topological polar surface area (TPSA) is 46.2 Å². The Morgan fingerprint density at radius 3 is 2.00 bits per heavy atom. The zero-order chi connectivity index (χ0) is 8.29. The summed E-state index contributed by atoms with van der Waals surface area (Å²) in [4.78, 5) is 22.6. The van der Waals surface area contributed by atoms with E-state index in [0.717, 1.165) is 19.3 Å². The first-order valence-corrected chi connectivity index (χ1v) is 4.62. The van der Waals surface area contributed by atoms with Crippen LogP contribution >= 0.6 is 0 Å². The van der Waals surface area contributed by atoms with E-state index in [0.29, 0.717) is 11.8 Å². The highest BCUT2D eigenvalue weighted by atomic mass is 16.2. The first kappa shape index (κ1) is 6.63. The number of hydrogen-bond donors (Lipinski definition) is 1. The molecule has 64 valence electrons. The molecule has 4 atom stereocenters. The first-order chi connectivity index (χ1) is 5.77. The van der Waals surface area contributed by atoms with E-state index in [9.17, 15) is 9.59 Å². The van der Waals surface area contributed by atoms with Crippen LogP contribution in [0.15, 0.2) is 0 Å². The zero-order valence-electron chi connectivity index (χ0n) is 6.75. The molecule has 3 aliphatic rings. The standard InChI is InChI=1S/C9H11NO2/c11-8-6-4-1-2-5(3-4)7(6)9(12)10-8/h4-7H,1-3H2,(H,10,11,12)/t4-,5?,6+,7-/m0/s1. The van der Waals surface area contributed by atoms with Crippen LogP contribution in [0, 0.1) is 23.7 Å². The van der Waals surface area contributed by atoms with Gasteiger partial charge in [0.1, 0.15) is 0 Å². The molecule has 2 saturated carbocycles. The quantitative estimate of drug-likeness (QED) is 0.525. The largest absolute Gasteiger partial charge is 0.296 e. The average Bonchev–Trinajstić information content (AvgIpc) is 2.64. The molecular weight excluding hydrogens is 154 g/mol. The maximum Gasteiger partial charge on any atom is 0.230 e. The Bertz CT molecular complexity index is 248. The van der Waals surface area contributed by atoms with Crippen molar-refractivity contribution in [1.82, 2.24) is 5.32 Å². The zero-order valence-corrected chi connectivity index (χ0v) is 6.75. The van der Waals surface area contributed by atoms with Crippen LogP contribution in [0.25, 0.3) is 0 Å². The van der Waals surface area contributed by atoms with Crippen molar-refractivity contribution in [3.63, 3.8) is 0 Å². The van der Waals surface area contributed by atoms with Gasteiger partial charge in [-0.15, -0.1) is 0 Å². The summed E-state index contributed by atoms with van der Waals surface area (Å²) in [6.45, 7) is 0. The molecule has 0 aromatic heterocycles. The number of imide groups is 1. The van der Waals surface area contributed by atoms with Gasteiger partial charge in [-0.2, -0.15) is 0 Å². The van der Waals surface area contributed by atoms with Crippen molar-refractivity contribution in [1.29, 1.82) is 0 Å². The molecule has 3 rings (SSSR count). The highest BCUT2D eigenvalue weighted by molar-refractivity contribution is 6.05. The molecule has 3 fully saturated rings. The van der Waals surface area contributed by atoms with Gasteiger partial charge in [0.15, 0.2) is 0 Å². The highest BCUT2D eigenvalue weighted by Gasteiger charge is 2.57. The maximum atomic E-state index is 11.3. The van der Waals surface area contributed by atoms with Gasteiger partial charge < -0.3 is 0 Å². The monoisotopic (exact) mass is 165 g/mol. The van der Waals surface area contributed by atoms with Crippen LogP contribution in [0.2, 0.25) is 0 Å². The second-order valence-corrected chi connectivity index (χ2v) is 4.24. The minimum atomic E-state index is -0.00259. The lowest BCUT2D eigenvalue weighted by molar-refractivity contribution is -0.126. The van der Waals surface area contributed by atoms with Crippen molar-refractivity contribution in [2.75, 3.05) is 0 Å². The number of carbonyl (C=O) groups is 2. The predicted molar refractivity (Wildman–Crippen MR) is 41.0 cm³/mol. The molecule has 1 saturated heterocycles. The molecule has 12 heavy (non-hydrogen) atoms. The summed E-state index contributed by atoms with van der Waals surface area (Å²) in [5.41, 5.74) is 0. The van der Waals surface area contributed by atoms with Crippen LogP contribution in [0.5, 0.6) is 0 Å². The Balaban J connectivity index is 2.03. The van der Waals surface area contributed by atoms with Crippen LogP contribution in [0.3, 0.4) is 0 Å². The number of hydrogen-bond acceptors (Lipinski definition) is 2. The highest BCUT2D eigenvalue weighted by Crippen LogP contribution is 2.54. The van der Waals surface area contributed by atoms with Gasteiger partial charge in [0, 0.05) is 0 Å². The molecule has 1 heterocycles. The molecule has 1 unspecified atom stereocenters. The van der Waals surface area contributed by atoms with E-state index in [1.807, 2.05) is 0 Å². The molecule has 0 radical (unpaired) electrons. The fourth-order valence-electron chi connectivity index (χ4n) is 3.33. The van der Waals surface area contributed by atoms with Crippen molar-refractivity contribution in [3.8, 4) is 0 Å². The fourth-order valence-corrected chi connectivity index (χ4v) is 3.33. The Kier molecular flexibility index (Phi) is 1.05. The van der Waals surface area contributed by atoms with E-state index < -0.39 is 0 Å². The summed E-state index contributed by atoms with van der Waals surface area (Å²) in [5, 5.41) is 2.44. The van der Waals surface area contributed by atoms with Crippen LogP contribution in [-0.2, 0) is 9.59 Å².